The molecule has 1 aliphatic carbocycles. The molecule has 0 aliphatic heterocycles. The molecule has 0 spiro atoms. The number of aromatic amines is 1. The lowest BCUT2D eigenvalue weighted by atomic mass is 9.78. The standard InChI is InChI=1S/C21H21N/c1-15-8-7-12-17(15)21(16-9-3-2-4-10-16)19-14-22-20-13-6-5-11-18(19)20/h2-6,9-11,13-14,17,21-22H,1,7-8,12H2/t17-,21-/m1/s1. The van der Waals surface area contributed by atoms with E-state index in [1.807, 2.05) is 0 Å². The highest BCUT2D eigenvalue weighted by molar-refractivity contribution is 5.84. The van der Waals surface area contributed by atoms with Gasteiger partial charge < -0.3 is 4.98 Å². The molecule has 110 valence electrons. The van der Waals surface area contributed by atoms with Crippen molar-refractivity contribution in [2.24, 2.45) is 5.92 Å². The summed E-state index contributed by atoms with van der Waals surface area (Å²) in [6, 6.07) is 19.5. The van der Waals surface area contributed by atoms with Crippen LogP contribution in [0, 0.1) is 5.92 Å². The van der Waals surface area contributed by atoms with Gasteiger partial charge in [0.05, 0.1) is 0 Å². The van der Waals surface area contributed by atoms with Crippen LogP contribution in [-0.2, 0) is 0 Å². The summed E-state index contributed by atoms with van der Waals surface area (Å²) in [4.78, 5) is 3.45. The predicted molar refractivity (Wildman–Crippen MR) is 93.1 cm³/mol. The van der Waals surface area contributed by atoms with E-state index >= 15 is 0 Å². The van der Waals surface area contributed by atoms with Crippen LogP contribution in [0.1, 0.15) is 36.3 Å². The van der Waals surface area contributed by atoms with Crippen LogP contribution in [0.3, 0.4) is 0 Å². The van der Waals surface area contributed by atoms with Crippen molar-refractivity contribution < 1.29 is 0 Å². The molecule has 0 radical (unpaired) electrons. The second-order valence-electron chi connectivity index (χ2n) is 6.33. The quantitative estimate of drug-likeness (QED) is 0.599. The van der Waals surface area contributed by atoms with Gasteiger partial charge in [-0.1, -0.05) is 60.7 Å². The van der Waals surface area contributed by atoms with Gasteiger partial charge in [-0.2, -0.15) is 0 Å². The molecule has 1 fully saturated rings. The lowest BCUT2D eigenvalue weighted by Gasteiger charge is -2.25. The first-order valence-electron chi connectivity index (χ1n) is 8.13. The molecule has 1 aliphatic rings. The van der Waals surface area contributed by atoms with Gasteiger partial charge in [0.15, 0.2) is 0 Å². The van der Waals surface area contributed by atoms with Crippen molar-refractivity contribution in [2.75, 3.05) is 0 Å². The summed E-state index contributed by atoms with van der Waals surface area (Å²) < 4.78 is 0. The summed E-state index contributed by atoms with van der Waals surface area (Å²) in [7, 11) is 0. The number of fused-ring (bicyclic) bond motifs is 1. The van der Waals surface area contributed by atoms with Crippen molar-refractivity contribution in [1.82, 2.24) is 4.98 Å². The molecule has 22 heavy (non-hydrogen) atoms. The van der Waals surface area contributed by atoms with Crippen LogP contribution >= 0.6 is 0 Å². The maximum atomic E-state index is 4.36. The van der Waals surface area contributed by atoms with Gasteiger partial charge in [-0.05, 0) is 42.4 Å². The Morgan fingerprint density at radius 1 is 1.00 bits per heavy atom. The smallest absolute Gasteiger partial charge is 0.0457 e. The topological polar surface area (TPSA) is 15.8 Å². The van der Waals surface area contributed by atoms with Crippen LogP contribution < -0.4 is 0 Å². The van der Waals surface area contributed by atoms with Gasteiger partial charge in [0.25, 0.3) is 0 Å². The third-order valence-corrected chi connectivity index (χ3v) is 5.05. The molecule has 1 N–H and O–H groups in total. The molecule has 0 unspecified atom stereocenters. The molecule has 0 saturated heterocycles. The Balaban J connectivity index is 1.89. The molecule has 1 heteroatoms. The van der Waals surface area contributed by atoms with Gasteiger partial charge >= 0.3 is 0 Å². The molecule has 1 nitrogen and oxygen atoms in total. The minimum absolute atomic E-state index is 0.410. The first kappa shape index (κ1) is 13.4. The molecule has 0 amide bonds. The third kappa shape index (κ3) is 2.18. The number of para-hydroxylation sites is 1. The lowest BCUT2D eigenvalue weighted by Crippen LogP contribution is -2.12. The average molecular weight is 287 g/mol. The van der Waals surface area contributed by atoms with E-state index in [0.29, 0.717) is 11.8 Å². The third-order valence-electron chi connectivity index (χ3n) is 5.05. The normalized spacial score (nSPS) is 19.6. The van der Waals surface area contributed by atoms with Crippen molar-refractivity contribution in [3.05, 3.63) is 84.1 Å². The molecule has 0 bridgehead atoms. The Hall–Kier alpha value is -2.28. The van der Waals surface area contributed by atoms with Gasteiger partial charge in [-0.3, -0.25) is 0 Å². The number of allylic oxidation sites excluding steroid dienone is 1. The zero-order valence-electron chi connectivity index (χ0n) is 12.8. The van der Waals surface area contributed by atoms with Crippen LogP contribution in [0.25, 0.3) is 10.9 Å². The van der Waals surface area contributed by atoms with Crippen molar-refractivity contribution in [1.29, 1.82) is 0 Å². The zero-order valence-corrected chi connectivity index (χ0v) is 12.8. The Labute approximate surface area is 131 Å². The Bertz CT molecular complexity index is 797. The van der Waals surface area contributed by atoms with Gasteiger partial charge in [0, 0.05) is 23.0 Å². The van der Waals surface area contributed by atoms with E-state index in [2.05, 4.69) is 72.4 Å². The van der Waals surface area contributed by atoms with Gasteiger partial charge in [0.2, 0.25) is 0 Å². The second-order valence-corrected chi connectivity index (χ2v) is 6.33. The summed E-state index contributed by atoms with van der Waals surface area (Å²) in [5, 5.41) is 1.34. The van der Waals surface area contributed by atoms with E-state index in [1.165, 1.54) is 46.9 Å². The monoisotopic (exact) mass is 287 g/mol. The number of aromatic nitrogens is 1. The van der Waals surface area contributed by atoms with Crippen LogP contribution in [-0.4, -0.2) is 4.98 Å². The van der Waals surface area contributed by atoms with E-state index in [-0.39, 0.29) is 0 Å². The lowest BCUT2D eigenvalue weighted by molar-refractivity contribution is 0.555. The van der Waals surface area contributed by atoms with E-state index in [9.17, 15) is 0 Å². The largest absolute Gasteiger partial charge is 0.361 e. The predicted octanol–water partition coefficient (Wildman–Crippen LogP) is 5.66. The number of hydrogen-bond acceptors (Lipinski definition) is 0. The molecule has 3 aromatic rings. The van der Waals surface area contributed by atoms with Crippen LogP contribution in [0.2, 0.25) is 0 Å². The van der Waals surface area contributed by atoms with E-state index in [0.717, 1.165) is 0 Å². The molecular weight excluding hydrogens is 266 g/mol. The number of rotatable bonds is 3. The fourth-order valence-electron chi connectivity index (χ4n) is 3.98. The molecule has 4 rings (SSSR count). The Kier molecular flexibility index (Phi) is 3.34. The SMILES string of the molecule is C=C1CCC[C@H]1[C@@H](c1ccccc1)c1c[nH]c2ccccc12. The van der Waals surface area contributed by atoms with E-state index in [4.69, 9.17) is 0 Å². The molecule has 2 atom stereocenters. The number of hydrogen-bond donors (Lipinski definition) is 1. The van der Waals surface area contributed by atoms with Crippen LogP contribution in [0.15, 0.2) is 72.9 Å². The summed E-state index contributed by atoms with van der Waals surface area (Å²) >= 11 is 0. The number of nitrogens with one attached hydrogen (secondary N) is 1. The first-order valence-corrected chi connectivity index (χ1v) is 8.13. The zero-order chi connectivity index (χ0) is 14.9. The molecular formula is C21H21N. The fourth-order valence-corrected chi connectivity index (χ4v) is 3.98. The second kappa shape index (κ2) is 5.49. The Morgan fingerprint density at radius 2 is 1.77 bits per heavy atom. The Morgan fingerprint density at radius 3 is 2.55 bits per heavy atom. The average Bonchev–Trinajstić information content (AvgIpc) is 3.17. The number of H-pyrrole nitrogens is 1. The minimum Gasteiger partial charge on any atom is -0.361 e. The summed E-state index contributed by atoms with van der Waals surface area (Å²) in [6.45, 7) is 4.36. The maximum Gasteiger partial charge on any atom is 0.0457 e. The summed E-state index contributed by atoms with van der Waals surface area (Å²) in [5.41, 5.74) is 5.45. The van der Waals surface area contributed by atoms with Crippen molar-refractivity contribution >= 4 is 10.9 Å². The van der Waals surface area contributed by atoms with Crippen molar-refractivity contribution in [2.45, 2.75) is 25.2 Å². The fraction of sp³-hybridized carbons (Fsp3) is 0.238. The molecule has 1 saturated carbocycles. The number of benzene rings is 2. The van der Waals surface area contributed by atoms with Crippen molar-refractivity contribution in [3.8, 4) is 0 Å². The highest BCUT2D eigenvalue weighted by atomic mass is 14.7. The summed E-state index contributed by atoms with van der Waals surface area (Å²) in [5.74, 6) is 0.967. The van der Waals surface area contributed by atoms with Crippen molar-refractivity contribution in [3.63, 3.8) is 0 Å². The van der Waals surface area contributed by atoms with Gasteiger partial charge in [0.1, 0.15) is 0 Å². The van der Waals surface area contributed by atoms with Gasteiger partial charge in [-0.15, -0.1) is 0 Å². The van der Waals surface area contributed by atoms with Gasteiger partial charge in [-0.25, -0.2) is 0 Å². The highest BCUT2D eigenvalue weighted by Gasteiger charge is 2.31. The van der Waals surface area contributed by atoms with E-state index in [1.54, 1.807) is 0 Å². The van der Waals surface area contributed by atoms with E-state index < -0.39 is 0 Å². The van der Waals surface area contributed by atoms with Crippen LogP contribution in [0.4, 0.5) is 0 Å². The molecule has 1 heterocycles. The van der Waals surface area contributed by atoms with Crippen LogP contribution in [0.5, 0.6) is 0 Å². The first-order chi connectivity index (χ1) is 10.8. The molecule has 1 aromatic heterocycles. The molecule has 2 aromatic carbocycles. The maximum absolute atomic E-state index is 4.36. The minimum atomic E-state index is 0.410. The summed E-state index contributed by atoms with van der Waals surface area (Å²) in [6.07, 6.45) is 5.90. The highest BCUT2D eigenvalue weighted by Crippen LogP contribution is 2.45.